The molecule has 2 rings (SSSR count). The van der Waals surface area contributed by atoms with Crippen molar-refractivity contribution in [1.82, 2.24) is 10.2 Å². The van der Waals surface area contributed by atoms with Crippen molar-refractivity contribution in [3.63, 3.8) is 0 Å². The van der Waals surface area contributed by atoms with E-state index >= 15 is 0 Å². The molecule has 0 saturated carbocycles. The zero-order chi connectivity index (χ0) is 12.6. The molecule has 2 aliphatic rings. The highest BCUT2D eigenvalue weighted by Gasteiger charge is 2.21. The van der Waals surface area contributed by atoms with E-state index in [9.17, 15) is 0 Å². The summed E-state index contributed by atoms with van der Waals surface area (Å²) >= 11 is 0. The maximum atomic E-state index is 5.91. The maximum absolute atomic E-state index is 5.91. The second-order valence-electron chi connectivity index (χ2n) is 5.92. The number of rotatable bonds is 5. The fraction of sp³-hybridized carbons (Fsp3) is 1.00. The van der Waals surface area contributed by atoms with Crippen molar-refractivity contribution >= 4 is 12.4 Å². The Morgan fingerprint density at radius 3 is 2.63 bits per heavy atom. The Balaban J connectivity index is 0.00000180. The molecule has 2 saturated heterocycles. The molecule has 0 radical (unpaired) electrons. The molecule has 1 unspecified atom stereocenters. The van der Waals surface area contributed by atoms with Crippen LogP contribution in [0.4, 0.5) is 0 Å². The Labute approximate surface area is 124 Å². The van der Waals surface area contributed by atoms with Gasteiger partial charge in [-0.15, -0.1) is 12.4 Å². The van der Waals surface area contributed by atoms with Gasteiger partial charge >= 0.3 is 0 Å². The quantitative estimate of drug-likeness (QED) is 0.842. The molecule has 1 atom stereocenters. The van der Waals surface area contributed by atoms with Crippen molar-refractivity contribution in [3.8, 4) is 0 Å². The molecule has 1 N–H and O–H groups in total. The Morgan fingerprint density at radius 1 is 1.11 bits per heavy atom. The Morgan fingerprint density at radius 2 is 1.89 bits per heavy atom. The summed E-state index contributed by atoms with van der Waals surface area (Å²) in [5.41, 5.74) is 0. The standard InChI is InChI=1S/C15H30N2O.ClH/c1-2-12-18-15-4-3-10-17(11-7-15)13-14-5-8-16-9-6-14;/h14-16H,2-13H2,1H3;1H. The SMILES string of the molecule is CCCOC1CCCN(CC2CCNCC2)CC1.Cl. The summed E-state index contributed by atoms with van der Waals surface area (Å²) in [4.78, 5) is 2.69. The van der Waals surface area contributed by atoms with Gasteiger partial charge in [0.25, 0.3) is 0 Å². The average molecular weight is 291 g/mol. The van der Waals surface area contributed by atoms with Gasteiger partial charge < -0.3 is 15.0 Å². The van der Waals surface area contributed by atoms with E-state index in [1.165, 1.54) is 64.8 Å². The Hall–Kier alpha value is 0.170. The highest BCUT2D eigenvalue weighted by Crippen LogP contribution is 2.18. The van der Waals surface area contributed by atoms with Gasteiger partial charge in [-0.2, -0.15) is 0 Å². The number of likely N-dealkylation sites (tertiary alicyclic amines) is 1. The lowest BCUT2D eigenvalue weighted by atomic mass is 9.97. The fourth-order valence-electron chi connectivity index (χ4n) is 3.19. The monoisotopic (exact) mass is 290 g/mol. The number of piperidine rings is 1. The summed E-state index contributed by atoms with van der Waals surface area (Å²) in [7, 11) is 0. The van der Waals surface area contributed by atoms with E-state index in [1.807, 2.05) is 0 Å². The summed E-state index contributed by atoms with van der Waals surface area (Å²) < 4.78 is 5.91. The predicted octanol–water partition coefficient (Wildman–Crippen LogP) is 2.69. The molecule has 3 nitrogen and oxygen atoms in total. The van der Waals surface area contributed by atoms with E-state index < -0.39 is 0 Å². The van der Waals surface area contributed by atoms with Gasteiger partial charge in [0, 0.05) is 19.7 Å². The molecule has 0 aromatic carbocycles. The lowest BCUT2D eigenvalue weighted by Gasteiger charge is -2.29. The molecule has 19 heavy (non-hydrogen) atoms. The van der Waals surface area contributed by atoms with Crippen LogP contribution in [0.3, 0.4) is 0 Å². The fourth-order valence-corrected chi connectivity index (χ4v) is 3.19. The third-order valence-electron chi connectivity index (χ3n) is 4.30. The molecule has 0 aromatic heterocycles. The summed E-state index contributed by atoms with van der Waals surface area (Å²) in [5, 5.41) is 3.46. The summed E-state index contributed by atoms with van der Waals surface area (Å²) in [6, 6.07) is 0. The Kier molecular flexibility index (Phi) is 9.04. The number of hydrogen-bond acceptors (Lipinski definition) is 3. The molecular weight excluding hydrogens is 260 g/mol. The number of ether oxygens (including phenoxy) is 1. The van der Waals surface area contributed by atoms with Gasteiger partial charge in [-0.1, -0.05) is 6.92 Å². The van der Waals surface area contributed by atoms with Crippen LogP contribution in [0.1, 0.15) is 45.4 Å². The smallest absolute Gasteiger partial charge is 0.0587 e. The van der Waals surface area contributed by atoms with E-state index in [4.69, 9.17) is 4.74 Å². The van der Waals surface area contributed by atoms with Gasteiger partial charge in [0.2, 0.25) is 0 Å². The summed E-state index contributed by atoms with van der Waals surface area (Å²) in [6.45, 7) is 9.44. The molecule has 4 heteroatoms. The van der Waals surface area contributed by atoms with Crippen molar-refractivity contribution in [2.75, 3.05) is 39.3 Å². The van der Waals surface area contributed by atoms with Gasteiger partial charge in [-0.25, -0.2) is 0 Å². The van der Waals surface area contributed by atoms with Crippen LogP contribution < -0.4 is 5.32 Å². The summed E-state index contributed by atoms with van der Waals surface area (Å²) in [6.07, 6.45) is 8.24. The van der Waals surface area contributed by atoms with E-state index in [0.29, 0.717) is 6.10 Å². The molecule has 114 valence electrons. The minimum absolute atomic E-state index is 0. The van der Waals surface area contributed by atoms with E-state index in [2.05, 4.69) is 17.1 Å². The van der Waals surface area contributed by atoms with Crippen LogP contribution in [-0.4, -0.2) is 50.3 Å². The van der Waals surface area contributed by atoms with Crippen LogP contribution in [-0.2, 0) is 4.74 Å². The van der Waals surface area contributed by atoms with Crippen molar-refractivity contribution in [1.29, 1.82) is 0 Å². The first-order valence-corrected chi connectivity index (χ1v) is 7.93. The third kappa shape index (κ3) is 6.44. The zero-order valence-corrected chi connectivity index (χ0v) is 13.2. The predicted molar refractivity (Wildman–Crippen MR) is 83.2 cm³/mol. The van der Waals surface area contributed by atoms with Gasteiger partial charge in [-0.05, 0) is 64.1 Å². The molecule has 0 amide bonds. The van der Waals surface area contributed by atoms with Crippen LogP contribution >= 0.6 is 12.4 Å². The molecule has 2 fully saturated rings. The highest BCUT2D eigenvalue weighted by molar-refractivity contribution is 5.85. The average Bonchev–Trinajstić information content (AvgIpc) is 2.63. The number of nitrogens with zero attached hydrogens (tertiary/aromatic N) is 1. The van der Waals surface area contributed by atoms with Crippen molar-refractivity contribution < 1.29 is 4.74 Å². The van der Waals surface area contributed by atoms with Crippen LogP contribution in [0.15, 0.2) is 0 Å². The molecule has 0 aromatic rings. The largest absolute Gasteiger partial charge is 0.378 e. The highest BCUT2D eigenvalue weighted by atomic mass is 35.5. The van der Waals surface area contributed by atoms with E-state index in [1.54, 1.807) is 0 Å². The topological polar surface area (TPSA) is 24.5 Å². The number of nitrogens with one attached hydrogen (secondary N) is 1. The van der Waals surface area contributed by atoms with E-state index in [-0.39, 0.29) is 12.4 Å². The zero-order valence-electron chi connectivity index (χ0n) is 12.4. The van der Waals surface area contributed by atoms with Gasteiger partial charge in [-0.3, -0.25) is 0 Å². The van der Waals surface area contributed by atoms with Crippen molar-refractivity contribution in [2.45, 2.75) is 51.6 Å². The van der Waals surface area contributed by atoms with Crippen LogP contribution in [0, 0.1) is 5.92 Å². The maximum Gasteiger partial charge on any atom is 0.0587 e. The van der Waals surface area contributed by atoms with Gasteiger partial charge in [0.15, 0.2) is 0 Å². The van der Waals surface area contributed by atoms with Crippen molar-refractivity contribution in [2.24, 2.45) is 5.92 Å². The third-order valence-corrected chi connectivity index (χ3v) is 4.30. The van der Waals surface area contributed by atoms with Crippen LogP contribution in [0.5, 0.6) is 0 Å². The van der Waals surface area contributed by atoms with E-state index in [0.717, 1.165) is 18.9 Å². The second-order valence-corrected chi connectivity index (χ2v) is 5.92. The first-order chi connectivity index (χ1) is 8.88. The number of halogens is 1. The first-order valence-electron chi connectivity index (χ1n) is 7.93. The molecule has 0 bridgehead atoms. The molecule has 2 heterocycles. The first kappa shape index (κ1) is 17.2. The van der Waals surface area contributed by atoms with Crippen molar-refractivity contribution in [3.05, 3.63) is 0 Å². The molecule has 0 spiro atoms. The van der Waals surface area contributed by atoms with Gasteiger partial charge in [0.05, 0.1) is 6.10 Å². The molecular formula is C15H31ClN2O. The summed E-state index contributed by atoms with van der Waals surface area (Å²) in [5.74, 6) is 0.930. The van der Waals surface area contributed by atoms with Gasteiger partial charge in [0.1, 0.15) is 0 Å². The molecule has 2 aliphatic heterocycles. The minimum atomic E-state index is 0. The van der Waals surface area contributed by atoms with Crippen LogP contribution in [0.2, 0.25) is 0 Å². The van der Waals surface area contributed by atoms with Crippen LogP contribution in [0.25, 0.3) is 0 Å². The normalized spacial score (nSPS) is 26.7. The minimum Gasteiger partial charge on any atom is -0.378 e. The molecule has 0 aliphatic carbocycles. The Bertz CT molecular complexity index is 222. The lowest BCUT2D eigenvalue weighted by Crippen LogP contribution is -2.36. The lowest BCUT2D eigenvalue weighted by molar-refractivity contribution is 0.0434. The second kappa shape index (κ2) is 9.98. The number of hydrogen-bond donors (Lipinski definition) is 1.